The second-order valence-corrected chi connectivity index (χ2v) is 6.35. The number of amides is 1. The Labute approximate surface area is 168 Å². The van der Waals surface area contributed by atoms with Crippen LogP contribution in [0.2, 0.25) is 0 Å². The highest BCUT2D eigenvalue weighted by Crippen LogP contribution is 2.39. The zero-order valence-electron chi connectivity index (χ0n) is 16.8. The Hall–Kier alpha value is -3.55. The van der Waals surface area contributed by atoms with E-state index in [1.165, 1.54) is 21.3 Å². The normalized spacial score (nSPS) is 10.6. The predicted octanol–water partition coefficient (Wildman–Crippen LogP) is 2.76. The first-order valence-electron chi connectivity index (χ1n) is 9.04. The third-order valence-corrected chi connectivity index (χ3v) is 4.53. The van der Waals surface area contributed by atoms with Gasteiger partial charge >= 0.3 is 0 Å². The molecule has 0 fully saturated rings. The minimum absolute atomic E-state index is 0.115. The lowest BCUT2D eigenvalue weighted by molar-refractivity contribution is -0.116. The van der Waals surface area contributed by atoms with Crippen molar-refractivity contribution < 1.29 is 19.0 Å². The summed E-state index contributed by atoms with van der Waals surface area (Å²) in [6, 6.07) is 10.7. The van der Waals surface area contributed by atoms with Gasteiger partial charge < -0.3 is 24.1 Å². The first kappa shape index (κ1) is 20.2. The SMILES string of the molecule is COc1cc(NC(=O)CCn2c(=O)c(C)nc3ccccc32)cc(OC)c1OC. The molecule has 3 aromatic rings. The smallest absolute Gasteiger partial charge is 0.272 e. The molecule has 3 rings (SSSR count). The van der Waals surface area contributed by atoms with Crippen molar-refractivity contribution in [3.05, 3.63) is 52.4 Å². The second kappa shape index (κ2) is 8.64. The van der Waals surface area contributed by atoms with Gasteiger partial charge in [0, 0.05) is 30.8 Å². The summed E-state index contributed by atoms with van der Waals surface area (Å²) in [5.74, 6) is 1.08. The number of carbonyl (C=O) groups excluding carboxylic acids is 1. The molecular formula is C21H23N3O5. The highest BCUT2D eigenvalue weighted by atomic mass is 16.5. The number of benzene rings is 2. The molecule has 0 spiro atoms. The number of para-hydroxylation sites is 2. The van der Waals surface area contributed by atoms with E-state index in [0.29, 0.717) is 34.1 Å². The van der Waals surface area contributed by atoms with Crippen LogP contribution in [0.15, 0.2) is 41.2 Å². The Morgan fingerprint density at radius 2 is 1.72 bits per heavy atom. The van der Waals surface area contributed by atoms with Crippen LogP contribution in [-0.2, 0) is 11.3 Å². The lowest BCUT2D eigenvalue weighted by Crippen LogP contribution is -2.26. The lowest BCUT2D eigenvalue weighted by atomic mass is 10.2. The van der Waals surface area contributed by atoms with Crippen LogP contribution in [0.1, 0.15) is 12.1 Å². The first-order valence-corrected chi connectivity index (χ1v) is 9.04. The minimum atomic E-state index is -0.246. The topological polar surface area (TPSA) is 91.7 Å². The molecule has 0 aliphatic heterocycles. The van der Waals surface area contributed by atoms with Crippen molar-refractivity contribution in [3.8, 4) is 17.2 Å². The number of hydrogen-bond donors (Lipinski definition) is 1. The van der Waals surface area contributed by atoms with Crippen LogP contribution < -0.4 is 25.1 Å². The first-order chi connectivity index (χ1) is 14.0. The highest BCUT2D eigenvalue weighted by Gasteiger charge is 2.15. The van der Waals surface area contributed by atoms with Gasteiger partial charge in [0.1, 0.15) is 5.69 Å². The van der Waals surface area contributed by atoms with E-state index in [2.05, 4.69) is 10.3 Å². The lowest BCUT2D eigenvalue weighted by Gasteiger charge is -2.15. The Bertz CT molecular complexity index is 1080. The molecular weight excluding hydrogens is 374 g/mol. The summed E-state index contributed by atoms with van der Waals surface area (Å²) in [7, 11) is 4.52. The molecule has 0 saturated carbocycles. The van der Waals surface area contributed by atoms with E-state index in [0.717, 1.165) is 5.52 Å². The third-order valence-electron chi connectivity index (χ3n) is 4.53. The van der Waals surface area contributed by atoms with E-state index in [-0.39, 0.29) is 24.4 Å². The molecule has 1 N–H and O–H groups in total. The van der Waals surface area contributed by atoms with E-state index < -0.39 is 0 Å². The van der Waals surface area contributed by atoms with Gasteiger partial charge in [0.05, 0.1) is 32.4 Å². The maximum absolute atomic E-state index is 12.5. The zero-order valence-corrected chi connectivity index (χ0v) is 16.8. The zero-order chi connectivity index (χ0) is 21.0. The van der Waals surface area contributed by atoms with Crippen LogP contribution in [-0.4, -0.2) is 36.8 Å². The fourth-order valence-electron chi connectivity index (χ4n) is 3.13. The van der Waals surface area contributed by atoms with E-state index in [1.807, 2.05) is 24.3 Å². The quantitative estimate of drug-likeness (QED) is 0.659. The van der Waals surface area contributed by atoms with Gasteiger partial charge in [0.15, 0.2) is 11.5 Å². The summed E-state index contributed by atoms with van der Waals surface area (Å²) < 4.78 is 17.5. The number of nitrogens with one attached hydrogen (secondary N) is 1. The average Bonchev–Trinajstić information content (AvgIpc) is 2.73. The van der Waals surface area contributed by atoms with Gasteiger partial charge in [0.2, 0.25) is 11.7 Å². The Kier molecular flexibility index (Phi) is 6.01. The van der Waals surface area contributed by atoms with Gasteiger partial charge in [0.25, 0.3) is 5.56 Å². The van der Waals surface area contributed by atoms with Crippen molar-refractivity contribution in [1.29, 1.82) is 0 Å². The van der Waals surface area contributed by atoms with Crippen molar-refractivity contribution >= 4 is 22.6 Å². The van der Waals surface area contributed by atoms with Gasteiger partial charge in [-0.2, -0.15) is 0 Å². The summed E-state index contributed by atoms with van der Waals surface area (Å²) in [4.78, 5) is 29.3. The van der Waals surface area contributed by atoms with Crippen LogP contribution in [0.3, 0.4) is 0 Å². The molecule has 0 radical (unpaired) electrons. The number of rotatable bonds is 7. The Balaban J connectivity index is 1.80. The highest BCUT2D eigenvalue weighted by molar-refractivity contribution is 5.91. The Morgan fingerprint density at radius 1 is 1.07 bits per heavy atom. The summed E-state index contributed by atoms with van der Waals surface area (Å²) in [5.41, 5.74) is 2.11. The van der Waals surface area contributed by atoms with E-state index in [4.69, 9.17) is 14.2 Å². The molecule has 0 saturated heterocycles. The molecule has 1 aromatic heterocycles. The van der Waals surface area contributed by atoms with Gasteiger partial charge in [-0.05, 0) is 19.1 Å². The number of ether oxygens (including phenoxy) is 3. The number of anilines is 1. The monoisotopic (exact) mass is 397 g/mol. The molecule has 2 aromatic carbocycles. The standard InChI is InChI=1S/C21H23N3O5/c1-13-21(26)24(16-8-6-5-7-15(16)22-13)10-9-19(25)23-14-11-17(27-2)20(29-4)18(12-14)28-3/h5-8,11-12H,9-10H2,1-4H3,(H,23,25). The van der Waals surface area contributed by atoms with Gasteiger partial charge in [-0.3, -0.25) is 9.59 Å². The fraction of sp³-hybridized carbons (Fsp3) is 0.286. The molecule has 0 aliphatic rings. The summed E-state index contributed by atoms with van der Waals surface area (Å²) >= 11 is 0. The van der Waals surface area contributed by atoms with Crippen LogP contribution in [0.5, 0.6) is 17.2 Å². The molecule has 8 heteroatoms. The van der Waals surface area contributed by atoms with E-state index in [9.17, 15) is 9.59 Å². The molecule has 0 atom stereocenters. The molecule has 0 bridgehead atoms. The van der Waals surface area contributed by atoms with Crippen molar-refractivity contribution in [2.24, 2.45) is 0 Å². The van der Waals surface area contributed by atoms with Gasteiger partial charge in [-0.1, -0.05) is 12.1 Å². The molecule has 29 heavy (non-hydrogen) atoms. The molecule has 0 unspecified atom stereocenters. The number of aryl methyl sites for hydroxylation is 2. The van der Waals surface area contributed by atoms with Crippen molar-refractivity contribution in [2.45, 2.75) is 19.9 Å². The number of carbonyl (C=O) groups is 1. The van der Waals surface area contributed by atoms with Crippen LogP contribution >= 0.6 is 0 Å². The summed E-state index contributed by atoms with van der Waals surface area (Å²) in [6.07, 6.45) is 0.115. The number of fused-ring (bicyclic) bond motifs is 1. The predicted molar refractivity (Wildman–Crippen MR) is 110 cm³/mol. The molecule has 8 nitrogen and oxygen atoms in total. The van der Waals surface area contributed by atoms with Crippen molar-refractivity contribution in [1.82, 2.24) is 9.55 Å². The number of aromatic nitrogens is 2. The molecule has 1 amide bonds. The third kappa shape index (κ3) is 4.16. The molecule has 0 aliphatic carbocycles. The number of hydrogen-bond acceptors (Lipinski definition) is 6. The average molecular weight is 397 g/mol. The maximum atomic E-state index is 12.5. The molecule has 152 valence electrons. The van der Waals surface area contributed by atoms with Gasteiger partial charge in [-0.25, -0.2) is 4.98 Å². The number of nitrogens with zero attached hydrogens (tertiary/aromatic N) is 2. The van der Waals surface area contributed by atoms with Crippen molar-refractivity contribution in [2.75, 3.05) is 26.6 Å². The van der Waals surface area contributed by atoms with Crippen molar-refractivity contribution in [3.63, 3.8) is 0 Å². The fourth-order valence-corrected chi connectivity index (χ4v) is 3.13. The molecule has 1 heterocycles. The minimum Gasteiger partial charge on any atom is -0.493 e. The van der Waals surface area contributed by atoms with Crippen LogP contribution in [0.25, 0.3) is 11.0 Å². The van der Waals surface area contributed by atoms with E-state index >= 15 is 0 Å². The van der Waals surface area contributed by atoms with Gasteiger partial charge in [-0.15, -0.1) is 0 Å². The maximum Gasteiger partial charge on any atom is 0.272 e. The summed E-state index contributed by atoms with van der Waals surface area (Å²) in [5, 5.41) is 2.81. The summed E-state index contributed by atoms with van der Waals surface area (Å²) in [6.45, 7) is 1.90. The van der Waals surface area contributed by atoms with E-state index in [1.54, 1.807) is 23.6 Å². The van der Waals surface area contributed by atoms with Crippen LogP contribution in [0, 0.1) is 6.92 Å². The Morgan fingerprint density at radius 3 is 2.34 bits per heavy atom. The number of methoxy groups -OCH3 is 3. The second-order valence-electron chi connectivity index (χ2n) is 6.35. The van der Waals surface area contributed by atoms with Crippen LogP contribution in [0.4, 0.5) is 5.69 Å². The largest absolute Gasteiger partial charge is 0.493 e.